The van der Waals surface area contributed by atoms with E-state index in [9.17, 15) is 27.6 Å². The quantitative estimate of drug-likeness (QED) is 0.374. The zero-order valence-corrected chi connectivity index (χ0v) is 19.6. The van der Waals surface area contributed by atoms with E-state index in [0.29, 0.717) is 5.75 Å². The Morgan fingerprint density at radius 1 is 1.18 bits per heavy atom. The summed E-state index contributed by atoms with van der Waals surface area (Å²) in [5.74, 6) is -4.84. The largest absolute Gasteiger partial charge is 0.494 e. The number of methoxy groups -OCH3 is 1. The fraction of sp³-hybridized carbons (Fsp3) is 0.250. The number of hydrogen-bond donors (Lipinski definition) is 4. The summed E-state index contributed by atoms with van der Waals surface area (Å²) in [6, 6.07) is 10.3. The fourth-order valence-electron chi connectivity index (χ4n) is 4.58. The molecule has 2 aromatic carbocycles. The van der Waals surface area contributed by atoms with Crippen molar-refractivity contribution in [3.8, 4) is 5.75 Å². The summed E-state index contributed by atoms with van der Waals surface area (Å²) >= 11 is 0. The van der Waals surface area contributed by atoms with Gasteiger partial charge in [0.1, 0.15) is 35.8 Å². The number of oxazole rings is 1. The van der Waals surface area contributed by atoms with E-state index in [1.807, 2.05) is 0 Å². The van der Waals surface area contributed by atoms with Gasteiger partial charge in [-0.15, -0.1) is 0 Å². The lowest BCUT2D eigenvalue weighted by Crippen LogP contribution is -2.56. The number of aromatic nitrogens is 1. The number of ether oxygens (including phenoxy) is 1. The van der Waals surface area contributed by atoms with Gasteiger partial charge in [0.15, 0.2) is 11.1 Å². The van der Waals surface area contributed by atoms with E-state index < -0.39 is 59.9 Å². The Labute approximate surface area is 212 Å². The van der Waals surface area contributed by atoms with Crippen LogP contribution in [0.3, 0.4) is 0 Å². The number of carbonyl (C=O) groups excluding carboxylic acids is 2. The molecule has 1 aromatic heterocycles. The lowest BCUT2D eigenvalue weighted by atomic mass is 9.89. The molecule has 0 saturated carbocycles. The second-order valence-corrected chi connectivity index (χ2v) is 8.50. The minimum absolute atomic E-state index is 0.191. The number of carboxylic acid groups (broad SMARTS) is 1. The Hall–Kier alpha value is -4.59. The number of halogens is 3. The lowest BCUT2D eigenvalue weighted by molar-refractivity contribution is -0.161. The number of benzene rings is 2. The molecule has 38 heavy (non-hydrogen) atoms. The molecule has 1 saturated heterocycles. The van der Waals surface area contributed by atoms with Crippen LogP contribution in [0.5, 0.6) is 5.75 Å². The third kappa shape index (κ3) is 4.28. The highest BCUT2D eigenvalue weighted by Gasteiger charge is 2.58. The van der Waals surface area contributed by atoms with E-state index >= 15 is 0 Å². The van der Waals surface area contributed by atoms with E-state index in [-0.39, 0.29) is 22.6 Å². The molecule has 3 atom stereocenters. The van der Waals surface area contributed by atoms with Crippen molar-refractivity contribution in [1.82, 2.24) is 26.1 Å². The first-order valence-electron chi connectivity index (χ1n) is 11.3. The third-order valence-electron chi connectivity index (χ3n) is 6.21. The number of rotatable bonds is 6. The molecule has 0 spiro atoms. The summed E-state index contributed by atoms with van der Waals surface area (Å²) in [7, 11) is 1.39. The molecular weight excluding hydrogens is 511 g/mol. The minimum Gasteiger partial charge on any atom is -0.494 e. The molecule has 198 valence electrons. The van der Waals surface area contributed by atoms with Crippen molar-refractivity contribution in [2.75, 3.05) is 13.7 Å². The highest BCUT2D eigenvalue weighted by molar-refractivity contribution is 6.25. The number of carbonyl (C=O) groups is 3. The van der Waals surface area contributed by atoms with Gasteiger partial charge in [-0.25, -0.2) is 15.4 Å². The normalized spacial score (nSPS) is 21.3. The van der Waals surface area contributed by atoms with Gasteiger partial charge in [0.05, 0.1) is 13.0 Å². The second-order valence-electron chi connectivity index (χ2n) is 8.50. The summed E-state index contributed by atoms with van der Waals surface area (Å²) in [5, 5.41) is 14.6. The monoisotopic (exact) mass is 531 g/mol. The highest BCUT2D eigenvalue weighted by Crippen LogP contribution is 2.43. The van der Waals surface area contributed by atoms with Crippen molar-refractivity contribution >= 4 is 34.5 Å². The summed E-state index contributed by atoms with van der Waals surface area (Å²) in [4.78, 5) is 42.1. The molecule has 1 fully saturated rings. The first-order valence-corrected chi connectivity index (χ1v) is 11.3. The average Bonchev–Trinajstić information content (AvgIpc) is 3.49. The number of para-hydroxylation sites is 1. The van der Waals surface area contributed by atoms with Crippen LogP contribution in [0.25, 0.3) is 16.7 Å². The number of hydrogen-bond acceptors (Lipinski definition) is 8. The minimum atomic E-state index is -4.77. The Morgan fingerprint density at radius 2 is 1.92 bits per heavy atom. The predicted octanol–water partition coefficient (Wildman–Crippen LogP) is 1.74. The number of carboxylic acids is 1. The van der Waals surface area contributed by atoms with E-state index in [4.69, 9.17) is 14.3 Å². The van der Waals surface area contributed by atoms with Crippen LogP contribution >= 0.6 is 0 Å². The summed E-state index contributed by atoms with van der Waals surface area (Å²) < 4.78 is 53.4. The molecule has 2 aliphatic heterocycles. The van der Waals surface area contributed by atoms with Crippen molar-refractivity contribution in [3.05, 3.63) is 65.7 Å². The maximum absolute atomic E-state index is 14.1. The smallest absolute Gasteiger partial charge is 0.406 e. The Morgan fingerprint density at radius 3 is 2.58 bits per heavy atom. The molecule has 0 radical (unpaired) electrons. The molecule has 11 nitrogen and oxygen atoms in total. The Bertz CT molecular complexity index is 1450. The van der Waals surface area contributed by atoms with E-state index in [1.165, 1.54) is 25.3 Å². The van der Waals surface area contributed by atoms with Gasteiger partial charge >= 0.3 is 12.1 Å². The molecule has 0 aliphatic carbocycles. The van der Waals surface area contributed by atoms with Gasteiger partial charge in [-0.2, -0.15) is 13.2 Å². The van der Waals surface area contributed by atoms with Crippen molar-refractivity contribution in [1.29, 1.82) is 0 Å². The van der Waals surface area contributed by atoms with Gasteiger partial charge in [-0.1, -0.05) is 36.4 Å². The number of nitrogens with zero attached hydrogens (tertiary/aromatic N) is 2. The van der Waals surface area contributed by atoms with Crippen LogP contribution in [0.2, 0.25) is 0 Å². The topological polar surface area (TPSA) is 146 Å². The van der Waals surface area contributed by atoms with Gasteiger partial charge in [0.25, 0.3) is 11.8 Å². The lowest BCUT2D eigenvalue weighted by Gasteiger charge is -2.34. The van der Waals surface area contributed by atoms with Crippen LogP contribution < -0.4 is 20.8 Å². The fourth-order valence-corrected chi connectivity index (χ4v) is 4.58. The molecule has 3 heterocycles. The van der Waals surface area contributed by atoms with Crippen LogP contribution in [-0.2, 0) is 14.4 Å². The molecule has 2 aliphatic rings. The first-order chi connectivity index (χ1) is 18.1. The maximum atomic E-state index is 14.1. The van der Waals surface area contributed by atoms with E-state index in [0.717, 1.165) is 5.01 Å². The predicted molar refractivity (Wildman–Crippen MR) is 124 cm³/mol. The van der Waals surface area contributed by atoms with Crippen LogP contribution in [-0.4, -0.2) is 64.9 Å². The molecule has 3 aromatic rings. The number of nitrogens with one attached hydrogen (secondary N) is 3. The van der Waals surface area contributed by atoms with Crippen LogP contribution in [0, 0.1) is 0 Å². The molecule has 3 unspecified atom stereocenters. The molecular formula is C24H20F3N5O6. The number of amides is 2. The second kappa shape index (κ2) is 9.37. The average molecular weight is 531 g/mol. The van der Waals surface area contributed by atoms with Gasteiger partial charge in [0.2, 0.25) is 5.89 Å². The Balaban J connectivity index is 1.65. The van der Waals surface area contributed by atoms with Crippen molar-refractivity contribution < 1.29 is 41.8 Å². The number of fused-ring (bicyclic) bond motifs is 2. The number of hydrazine groups is 1. The summed E-state index contributed by atoms with van der Waals surface area (Å²) in [6.45, 7) is -0.799. The first kappa shape index (κ1) is 25.1. The van der Waals surface area contributed by atoms with Gasteiger partial charge in [0, 0.05) is 0 Å². The van der Waals surface area contributed by atoms with Crippen LogP contribution in [0.4, 0.5) is 13.2 Å². The van der Waals surface area contributed by atoms with Crippen LogP contribution in [0.1, 0.15) is 17.4 Å². The van der Waals surface area contributed by atoms with Crippen LogP contribution in [0.15, 0.2) is 58.6 Å². The summed E-state index contributed by atoms with van der Waals surface area (Å²) in [5.41, 5.74) is 1.94. The molecule has 14 heteroatoms. The standard InChI is InChI=1S/C24H20F3N5O6/c1-37-12-8-5-9-13-17(12)30-22(38-13)16-18(21(35)28-10-14(33)34)29-20-15(11-6-3-2-4-7-11)19(24(25,26)27)31-32(20)23(16)36/h2-9,15,19-20,29,31H,10H2,1H3,(H,28,35)(H,33,34). The molecule has 0 bridgehead atoms. The third-order valence-corrected chi connectivity index (χ3v) is 6.21. The zero-order chi connectivity index (χ0) is 27.2. The summed E-state index contributed by atoms with van der Waals surface area (Å²) in [6.07, 6.45) is -6.12. The SMILES string of the molecule is COc1cccc2oc(C3=C(C(=O)NCC(=O)O)NC4C(c5ccccc5)C(C(F)(F)F)NN4C3=O)nc12. The number of aliphatic carboxylic acids is 1. The molecule has 2 amide bonds. The molecule has 4 N–H and O–H groups in total. The van der Waals surface area contributed by atoms with Crippen molar-refractivity contribution in [2.24, 2.45) is 0 Å². The van der Waals surface area contributed by atoms with Crippen molar-refractivity contribution in [3.63, 3.8) is 0 Å². The highest BCUT2D eigenvalue weighted by atomic mass is 19.4. The number of alkyl halides is 3. The van der Waals surface area contributed by atoms with E-state index in [1.54, 1.807) is 30.3 Å². The zero-order valence-electron chi connectivity index (χ0n) is 19.6. The van der Waals surface area contributed by atoms with Gasteiger partial charge < -0.3 is 24.9 Å². The van der Waals surface area contributed by atoms with E-state index in [2.05, 4.69) is 21.0 Å². The van der Waals surface area contributed by atoms with Crippen molar-refractivity contribution in [2.45, 2.75) is 24.3 Å². The van der Waals surface area contributed by atoms with Gasteiger partial charge in [-0.05, 0) is 17.7 Å². The maximum Gasteiger partial charge on any atom is 0.406 e. The molecule has 5 rings (SSSR count). The Kier molecular flexibility index (Phi) is 6.18. The van der Waals surface area contributed by atoms with Gasteiger partial charge in [-0.3, -0.25) is 14.4 Å².